The Labute approximate surface area is 144 Å². The first-order valence-electron chi connectivity index (χ1n) is 8.42. The maximum Gasteiger partial charge on any atom is 0.416 e. The van der Waals surface area contributed by atoms with Crippen molar-refractivity contribution < 1.29 is 22.7 Å². The molecule has 0 aromatic heterocycles. The van der Waals surface area contributed by atoms with E-state index in [1.54, 1.807) is 0 Å². The van der Waals surface area contributed by atoms with Crippen molar-refractivity contribution >= 4 is 8.32 Å². The molecule has 0 heterocycles. The summed E-state index contributed by atoms with van der Waals surface area (Å²) < 4.78 is 44.1. The maximum atomic E-state index is 12.6. The van der Waals surface area contributed by atoms with Crippen molar-refractivity contribution in [3.63, 3.8) is 0 Å². The van der Waals surface area contributed by atoms with Crippen LogP contribution < -0.4 is 0 Å². The van der Waals surface area contributed by atoms with Gasteiger partial charge in [0.2, 0.25) is 0 Å². The van der Waals surface area contributed by atoms with Crippen molar-refractivity contribution in [3.8, 4) is 0 Å². The van der Waals surface area contributed by atoms with Crippen LogP contribution in [-0.4, -0.2) is 20.0 Å². The van der Waals surface area contributed by atoms with Crippen LogP contribution in [0.15, 0.2) is 24.3 Å². The van der Waals surface area contributed by atoms with Crippen LogP contribution in [0.25, 0.3) is 0 Å². The molecule has 24 heavy (non-hydrogen) atoms. The predicted octanol–water partition coefficient (Wildman–Crippen LogP) is 5.93. The highest BCUT2D eigenvalue weighted by molar-refractivity contribution is 6.77. The third-order valence-corrected chi connectivity index (χ3v) is 10.9. The van der Waals surface area contributed by atoms with Gasteiger partial charge in [-0.05, 0) is 34.3 Å². The zero-order valence-electron chi connectivity index (χ0n) is 15.3. The zero-order chi connectivity index (χ0) is 18.7. The molecule has 0 spiro atoms. The molecule has 1 aromatic rings. The number of aliphatic hydroxyl groups is 1. The molecule has 0 saturated heterocycles. The highest BCUT2D eigenvalue weighted by Crippen LogP contribution is 2.42. The van der Waals surface area contributed by atoms with E-state index < -0.39 is 26.2 Å². The molecule has 0 bridgehead atoms. The van der Waals surface area contributed by atoms with Crippen molar-refractivity contribution in [1.82, 2.24) is 0 Å². The Hall–Kier alpha value is -0.853. The fourth-order valence-electron chi connectivity index (χ4n) is 3.71. The second-order valence-electron chi connectivity index (χ2n) is 7.26. The summed E-state index contributed by atoms with van der Waals surface area (Å²) in [6.45, 7) is 13.0. The van der Waals surface area contributed by atoms with E-state index in [1.807, 2.05) is 0 Å². The summed E-state index contributed by atoms with van der Waals surface area (Å²) in [5, 5.41) is 10.3. The molecule has 1 unspecified atom stereocenters. The Morgan fingerprint density at radius 2 is 1.33 bits per heavy atom. The molecule has 0 aliphatic heterocycles. The van der Waals surface area contributed by atoms with Gasteiger partial charge in [0.25, 0.3) is 0 Å². The van der Waals surface area contributed by atoms with Crippen LogP contribution in [0.5, 0.6) is 0 Å². The molecule has 2 nitrogen and oxygen atoms in total. The molecule has 0 radical (unpaired) electrons. The summed E-state index contributed by atoms with van der Waals surface area (Å²) in [4.78, 5) is 0. The van der Waals surface area contributed by atoms with Gasteiger partial charge in [0.05, 0.1) is 12.2 Å². The molecule has 0 amide bonds. The first kappa shape index (κ1) is 21.2. The standard InChI is InChI=1S/C18H29F3O2Si/c1-12(2)24(13(3)4,14(5)6)23-11-17(22)15-7-9-16(10-8-15)18(19,20)21/h7-10,12-14,17,22H,11H2,1-6H3. The molecule has 138 valence electrons. The average Bonchev–Trinajstić information content (AvgIpc) is 2.45. The van der Waals surface area contributed by atoms with Crippen LogP contribution in [0.1, 0.15) is 58.8 Å². The van der Waals surface area contributed by atoms with E-state index >= 15 is 0 Å². The highest BCUT2D eigenvalue weighted by atomic mass is 28.4. The van der Waals surface area contributed by atoms with Gasteiger partial charge in [0.1, 0.15) is 6.10 Å². The summed E-state index contributed by atoms with van der Waals surface area (Å²) in [7, 11) is -2.10. The van der Waals surface area contributed by atoms with Crippen LogP contribution in [0.3, 0.4) is 0 Å². The molecule has 1 aromatic carbocycles. The number of aliphatic hydroxyl groups excluding tert-OH is 1. The number of halogens is 3. The quantitative estimate of drug-likeness (QED) is 0.609. The summed E-state index contributed by atoms with van der Waals surface area (Å²) in [5.41, 5.74) is 0.892. The summed E-state index contributed by atoms with van der Waals surface area (Å²) in [6, 6.07) is 4.63. The SMILES string of the molecule is CC(C)[Si](OCC(O)c1ccc(C(F)(F)F)cc1)(C(C)C)C(C)C. The van der Waals surface area contributed by atoms with E-state index in [9.17, 15) is 18.3 Å². The number of alkyl halides is 3. The van der Waals surface area contributed by atoms with E-state index in [-0.39, 0.29) is 6.61 Å². The van der Waals surface area contributed by atoms with Crippen molar-refractivity contribution in [1.29, 1.82) is 0 Å². The van der Waals surface area contributed by atoms with Crippen LogP contribution in [0, 0.1) is 0 Å². The van der Waals surface area contributed by atoms with E-state index in [0.29, 0.717) is 22.2 Å². The molecule has 0 saturated carbocycles. The largest absolute Gasteiger partial charge is 0.416 e. The van der Waals surface area contributed by atoms with E-state index in [0.717, 1.165) is 12.1 Å². The Morgan fingerprint density at radius 3 is 1.67 bits per heavy atom. The second kappa shape index (κ2) is 8.02. The van der Waals surface area contributed by atoms with Gasteiger partial charge in [-0.25, -0.2) is 0 Å². The van der Waals surface area contributed by atoms with Crippen LogP contribution in [-0.2, 0) is 10.6 Å². The number of hydrogen-bond acceptors (Lipinski definition) is 2. The second-order valence-corrected chi connectivity index (χ2v) is 12.7. The smallest absolute Gasteiger partial charge is 0.413 e. The Balaban J connectivity index is 2.88. The van der Waals surface area contributed by atoms with Gasteiger partial charge in [-0.1, -0.05) is 53.7 Å². The van der Waals surface area contributed by atoms with Crippen LogP contribution in [0.4, 0.5) is 13.2 Å². The number of rotatable bonds is 7. The Morgan fingerprint density at radius 1 is 0.917 bits per heavy atom. The molecule has 0 fully saturated rings. The molecule has 1 rings (SSSR count). The van der Waals surface area contributed by atoms with E-state index in [2.05, 4.69) is 41.5 Å². The minimum Gasteiger partial charge on any atom is -0.413 e. The molecule has 1 N–H and O–H groups in total. The molecular weight excluding hydrogens is 333 g/mol. The first-order chi connectivity index (χ1) is 10.9. The Bertz CT molecular complexity index is 488. The van der Waals surface area contributed by atoms with Crippen LogP contribution >= 0.6 is 0 Å². The van der Waals surface area contributed by atoms with Crippen molar-refractivity contribution in [2.24, 2.45) is 0 Å². The fraction of sp³-hybridized carbons (Fsp3) is 0.667. The summed E-state index contributed by atoms with van der Waals surface area (Å²) >= 11 is 0. The van der Waals surface area contributed by atoms with Crippen molar-refractivity contribution in [2.45, 2.75) is 70.4 Å². The monoisotopic (exact) mass is 362 g/mol. The molecule has 6 heteroatoms. The van der Waals surface area contributed by atoms with Crippen LogP contribution in [0.2, 0.25) is 16.6 Å². The van der Waals surface area contributed by atoms with Crippen molar-refractivity contribution in [3.05, 3.63) is 35.4 Å². The first-order valence-corrected chi connectivity index (χ1v) is 10.6. The molecule has 1 atom stereocenters. The van der Waals surface area contributed by atoms with Gasteiger partial charge in [-0.2, -0.15) is 13.2 Å². The lowest BCUT2D eigenvalue weighted by Gasteiger charge is -2.42. The van der Waals surface area contributed by atoms with Gasteiger partial charge in [-0.15, -0.1) is 0 Å². The summed E-state index contributed by atoms with van der Waals surface area (Å²) in [6.07, 6.45) is -5.29. The normalized spacial score (nSPS) is 14.7. The zero-order valence-corrected chi connectivity index (χ0v) is 16.3. The Kier molecular flexibility index (Phi) is 7.08. The van der Waals surface area contributed by atoms with E-state index in [1.165, 1.54) is 12.1 Å². The minimum absolute atomic E-state index is 0.117. The molecule has 0 aliphatic carbocycles. The maximum absolute atomic E-state index is 12.6. The lowest BCUT2D eigenvalue weighted by atomic mass is 10.1. The third-order valence-electron chi connectivity index (χ3n) is 4.82. The fourth-order valence-corrected chi connectivity index (χ4v) is 9.16. The molecule has 0 aliphatic rings. The van der Waals surface area contributed by atoms with E-state index in [4.69, 9.17) is 4.43 Å². The lowest BCUT2D eigenvalue weighted by Crippen LogP contribution is -2.48. The van der Waals surface area contributed by atoms with Gasteiger partial charge < -0.3 is 9.53 Å². The predicted molar refractivity (Wildman–Crippen MR) is 93.4 cm³/mol. The number of hydrogen-bond donors (Lipinski definition) is 1. The van der Waals surface area contributed by atoms with Gasteiger partial charge >= 0.3 is 6.18 Å². The highest BCUT2D eigenvalue weighted by Gasteiger charge is 2.45. The van der Waals surface area contributed by atoms with Gasteiger partial charge in [0.15, 0.2) is 8.32 Å². The van der Waals surface area contributed by atoms with Crippen molar-refractivity contribution in [2.75, 3.05) is 6.61 Å². The number of benzene rings is 1. The van der Waals surface area contributed by atoms with Gasteiger partial charge in [0, 0.05) is 0 Å². The lowest BCUT2D eigenvalue weighted by molar-refractivity contribution is -0.137. The third kappa shape index (κ3) is 4.61. The minimum atomic E-state index is -4.37. The summed E-state index contributed by atoms with van der Waals surface area (Å²) in [5.74, 6) is 0. The molecular formula is C18H29F3O2Si. The average molecular weight is 363 g/mol. The topological polar surface area (TPSA) is 29.5 Å². The van der Waals surface area contributed by atoms with Gasteiger partial charge in [-0.3, -0.25) is 0 Å².